The van der Waals surface area contributed by atoms with E-state index in [1.165, 1.54) is 18.2 Å². The summed E-state index contributed by atoms with van der Waals surface area (Å²) in [4.78, 5) is 12.8. The molecule has 0 radical (unpaired) electrons. The molecule has 1 aromatic heterocycles. The maximum Gasteiger partial charge on any atom is 0.374 e. The van der Waals surface area contributed by atoms with E-state index in [1.807, 2.05) is 0 Å². The molecule has 0 amide bonds. The number of fused-ring (bicyclic) bond motifs is 2. The van der Waals surface area contributed by atoms with Gasteiger partial charge in [0.1, 0.15) is 17.5 Å². The number of hydrogen-bond donors (Lipinski definition) is 2. The Hall–Kier alpha value is -3.73. The minimum Gasteiger partial charge on any atom is -0.481 e. The van der Waals surface area contributed by atoms with Crippen molar-refractivity contribution >= 4 is 49.1 Å². The van der Waals surface area contributed by atoms with Crippen LogP contribution in [-0.2, 0) is 41.2 Å². The van der Waals surface area contributed by atoms with Crippen molar-refractivity contribution in [1.29, 1.82) is 0 Å². The molecule has 0 fully saturated rings. The first-order valence-corrected chi connectivity index (χ1v) is 19.5. The highest BCUT2D eigenvalue weighted by molar-refractivity contribution is 7.86. The summed E-state index contributed by atoms with van der Waals surface area (Å²) in [5, 5.41) is 9.03. The van der Waals surface area contributed by atoms with Crippen LogP contribution in [0.15, 0.2) is 52.6 Å². The summed E-state index contributed by atoms with van der Waals surface area (Å²) in [7, 11) is -6.76. The molecule has 50 heavy (non-hydrogen) atoms. The van der Waals surface area contributed by atoms with Crippen molar-refractivity contribution in [1.82, 2.24) is 0 Å². The van der Waals surface area contributed by atoms with Gasteiger partial charge in [0.15, 0.2) is 6.54 Å². The summed E-state index contributed by atoms with van der Waals surface area (Å²) >= 11 is 0. The van der Waals surface area contributed by atoms with E-state index in [0.29, 0.717) is 67.7 Å². The zero-order valence-corrected chi connectivity index (χ0v) is 29.5. The van der Waals surface area contributed by atoms with Crippen LogP contribution in [0, 0.1) is 17.5 Å². The molecule has 1 aliphatic rings. The highest BCUT2D eigenvalue weighted by Crippen LogP contribution is 2.52. The molecule has 0 bridgehead atoms. The van der Waals surface area contributed by atoms with Gasteiger partial charge in [-0.2, -0.15) is 21.4 Å². The van der Waals surface area contributed by atoms with Crippen LogP contribution >= 0.6 is 0 Å². The van der Waals surface area contributed by atoms with Crippen molar-refractivity contribution in [2.45, 2.75) is 76.7 Å². The number of aliphatic carboxylic acids is 1. The van der Waals surface area contributed by atoms with E-state index < -0.39 is 54.8 Å². The van der Waals surface area contributed by atoms with Crippen molar-refractivity contribution in [2.75, 3.05) is 30.1 Å². The topological polar surface area (TPSA) is 155 Å². The van der Waals surface area contributed by atoms with Crippen molar-refractivity contribution in [2.24, 2.45) is 0 Å². The second kappa shape index (κ2) is 16.5. The van der Waals surface area contributed by atoms with Crippen molar-refractivity contribution in [3.05, 3.63) is 77.1 Å². The Labute approximate surface area is 289 Å². The number of carboxylic acids is 1. The van der Waals surface area contributed by atoms with E-state index in [-0.39, 0.29) is 42.8 Å². The third-order valence-electron chi connectivity index (χ3n) is 8.82. The highest BCUT2D eigenvalue weighted by atomic mass is 32.2. The third kappa shape index (κ3) is 9.95. The number of carboxylic acid groups (broad SMARTS) is 1. The quantitative estimate of drug-likeness (QED) is 0.0621. The zero-order valence-electron chi connectivity index (χ0n) is 27.9. The monoisotopic (exact) mass is 743 g/mol. The van der Waals surface area contributed by atoms with Gasteiger partial charge < -0.3 is 14.4 Å². The van der Waals surface area contributed by atoms with Crippen molar-refractivity contribution in [3.8, 4) is 0 Å². The molecule has 16 heteroatoms. The molecule has 4 rings (SSSR count). The predicted octanol–water partition coefficient (Wildman–Crippen LogP) is 6.27. The molecule has 3 aromatic rings. The molecule has 0 spiro atoms. The Kier molecular flexibility index (Phi) is 12.9. The Balaban J connectivity index is 1.72. The number of aryl methyl sites for hydroxylation is 1. The summed E-state index contributed by atoms with van der Waals surface area (Å²) in [6.45, 7) is 2.42. The first-order chi connectivity index (χ1) is 23.5. The van der Waals surface area contributed by atoms with E-state index in [1.54, 1.807) is 40.7 Å². The molecular weight excluding hydrogens is 702 g/mol. The van der Waals surface area contributed by atoms with Crippen molar-refractivity contribution in [3.63, 3.8) is 0 Å². The normalized spacial score (nSPS) is 17.4. The lowest BCUT2D eigenvalue weighted by Crippen LogP contribution is -2.35. The number of carbonyl (C=O) groups is 1. The largest absolute Gasteiger partial charge is 0.481 e. The van der Waals surface area contributed by atoms with Gasteiger partial charge in [-0.15, -0.1) is 0 Å². The standard InChI is InChI=1S/C34H41F3N2O9S2/c1-34(16-5-8-19-49(42,43)44)26-21-25(36)22-27(37)33(26)39(18-6-3-4-13-32(40)41)30(34)11-10-12-31-38(17-7-9-20-50(45,46)47-2)28-15-14-24(35)23-29(28)48-31/h10-12,14-15,21-23H,3-9,13,16-20H2,1-2H3,(H-,40,41,42,43,44)/p+1. The Morgan fingerprint density at radius 3 is 2.42 bits per heavy atom. The van der Waals surface area contributed by atoms with Crippen LogP contribution in [-0.4, -0.2) is 57.6 Å². The fourth-order valence-electron chi connectivity index (χ4n) is 6.36. The molecular formula is C34H42F3N2O9S2+. The average molecular weight is 744 g/mol. The number of oxazole rings is 1. The molecule has 274 valence electrons. The summed E-state index contributed by atoms with van der Waals surface area (Å²) in [6.07, 6.45) is 7.85. The summed E-state index contributed by atoms with van der Waals surface area (Å²) in [5.41, 5.74) is 0.957. The second-order valence-electron chi connectivity index (χ2n) is 12.5. The number of unbranched alkanes of at least 4 members (excludes halogenated alkanes) is 4. The Morgan fingerprint density at radius 1 is 0.980 bits per heavy atom. The maximum atomic E-state index is 15.6. The van der Waals surface area contributed by atoms with Crippen LogP contribution in [0.4, 0.5) is 18.9 Å². The molecule has 2 aromatic carbocycles. The van der Waals surface area contributed by atoms with Gasteiger partial charge in [-0.3, -0.25) is 13.5 Å². The molecule has 2 heterocycles. The van der Waals surface area contributed by atoms with Crippen LogP contribution in [0.25, 0.3) is 17.2 Å². The minimum absolute atomic E-state index is 0.0172. The number of hydrogen-bond acceptors (Lipinski definition) is 8. The molecule has 1 atom stereocenters. The first-order valence-electron chi connectivity index (χ1n) is 16.3. The van der Waals surface area contributed by atoms with Gasteiger partial charge >= 0.3 is 11.9 Å². The number of rotatable bonds is 19. The summed E-state index contributed by atoms with van der Waals surface area (Å²) in [5.74, 6) is -3.33. The van der Waals surface area contributed by atoms with E-state index in [9.17, 15) is 35.0 Å². The number of benzene rings is 2. The SMILES string of the molecule is COS(=O)(=O)CCCC[n+]1c(/C=C/C=C2/N(CCCCCC(=O)O)c3c(F)cc(F)cc3C2(C)CCCCS(=O)(=O)O)oc2cc(F)ccc21. The smallest absolute Gasteiger partial charge is 0.374 e. The number of nitrogens with zero attached hydrogens (tertiary/aromatic N) is 2. The fourth-order valence-corrected chi connectivity index (χ4v) is 7.65. The van der Waals surface area contributed by atoms with Crippen LogP contribution in [0.3, 0.4) is 0 Å². The van der Waals surface area contributed by atoms with E-state index >= 15 is 4.39 Å². The first kappa shape index (κ1) is 39.1. The molecule has 0 saturated carbocycles. The lowest BCUT2D eigenvalue weighted by atomic mass is 9.77. The van der Waals surface area contributed by atoms with Gasteiger partial charge in [-0.1, -0.05) is 18.9 Å². The van der Waals surface area contributed by atoms with Crippen LogP contribution in [0.1, 0.15) is 76.2 Å². The molecule has 0 aliphatic carbocycles. The third-order valence-corrected chi connectivity index (χ3v) is 10.9. The molecule has 1 unspecified atom stereocenters. The van der Waals surface area contributed by atoms with Gasteiger partial charge in [0.25, 0.3) is 25.8 Å². The summed E-state index contributed by atoms with van der Waals surface area (Å²) in [6, 6.07) is 6.12. The van der Waals surface area contributed by atoms with E-state index in [4.69, 9.17) is 9.52 Å². The highest BCUT2D eigenvalue weighted by Gasteiger charge is 2.45. The van der Waals surface area contributed by atoms with E-state index in [0.717, 1.165) is 13.2 Å². The maximum absolute atomic E-state index is 15.6. The van der Waals surface area contributed by atoms with Gasteiger partial charge in [-0.05, 0) is 62.8 Å². The number of halogens is 3. The van der Waals surface area contributed by atoms with E-state index in [2.05, 4.69) is 4.18 Å². The average Bonchev–Trinajstić information content (AvgIpc) is 3.48. The van der Waals surface area contributed by atoms with Crippen LogP contribution in [0.5, 0.6) is 0 Å². The van der Waals surface area contributed by atoms with Gasteiger partial charge in [0.05, 0.1) is 30.4 Å². The molecule has 1 aliphatic heterocycles. The zero-order chi connectivity index (χ0) is 36.7. The molecule has 2 N–H and O–H groups in total. The number of allylic oxidation sites excluding steroid dienone is 3. The van der Waals surface area contributed by atoms with Gasteiger partial charge in [-0.25, -0.2) is 13.2 Å². The Bertz CT molecular complexity index is 1980. The minimum atomic E-state index is -4.21. The predicted molar refractivity (Wildman–Crippen MR) is 181 cm³/mol. The van der Waals surface area contributed by atoms with Crippen molar-refractivity contribution < 1.29 is 57.6 Å². The van der Waals surface area contributed by atoms with Crippen LogP contribution < -0.4 is 9.47 Å². The van der Waals surface area contributed by atoms with Gasteiger partial charge in [0.2, 0.25) is 5.58 Å². The Morgan fingerprint density at radius 2 is 1.72 bits per heavy atom. The lowest BCUT2D eigenvalue weighted by molar-refractivity contribution is -0.678. The molecule has 0 saturated heterocycles. The number of aromatic nitrogens is 1. The van der Waals surface area contributed by atoms with Crippen LogP contribution in [0.2, 0.25) is 0 Å². The summed E-state index contributed by atoms with van der Waals surface area (Å²) < 4.78 is 112. The lowest BCUT2D eigenvalue weighted by Gasteiger charge is -2.30. The second-order valence-corrected chi connectivity index (χ2v) is 15.9. The van der Waals surface area contributed by atoms with Gasteiger partial charge in [0, 0.05) is 48.7 Å². The fraction of sp³-hybridized carbons (Fsp3) is 0.471. The molecule has 11 nitrogen and oxygen atoms in total. The number of anilines is 1.